The number of hydrogen-bond donors (Lipinski definition) is 1. The molecule has 2 nitrogen and oxygen atoms in total. The fraction of sp³-hybridized carbons (Fsp3) is 1.00. The van der Waals surface area contributed by atoms with Crippen molar-refractivity contribution in [1.82, 2.24) is 0 Å². The maximum Gasteiger partial charge on any atom is 0.192 e. The van der Waals surface area contributed by atoms with Crippen molar-refractivity contribution < 1.29 is 9.53 Å². The molecule has 0 heterocycles. The van der Waals surface area contributed by atoms with Gasteiger partial charge in [-0.3, -0.25) is 0 Å². The van der Waals surface area contributed by atoms with E-state index in [4.69, 9.17) is 4.43 Å². The van der Waals surface area contributed by atoms with Crippen LogP contribution in [-0.4, -0.2) is 25.6 Å². The first-order chi connectivity index (χ1) is 9.31. The zero-order valence-corrected chi connectivity index (χ0v) is 16.4. The van der Waals surface area contributed by atoms with Crippen molar-refractivity contribution in [1.29, 1.82) is 0 Å². The highest BCUT2D eigenvalue weighted by atomic mass is 28.4. The second-order valence-corrected chi connectivity index (χ2v) is 14.8. The Morgan fingerprint density at radius 1 is 1.10 bits per heavy atom. The van der Waals surface area contributed by atoms with Crippen LogP contribution in [0.5, 0.6) is 0 Å². The Labute approximate surface area is 132 Å². The van der Waals surface area contributed by atoms with Crippen LogP contribution in [0.1, 0.15) is 67.2 Å². The Morgan fingerprint density at radius 3 is 2.19 bits per heavy atom. The molecule has 2 rings (SSSR count). The average molecular weight is 313 g/mol. The van der Waals surface area contributed by atoms with E-state index in [9.17, 15) is 5.11 Å². The highest BCUT2D eigenvalue weighted by molar-refractivity contribution is 6.74. The van der Waals surface area contributed by atoms with Gasteiger partial charge in [-0.1, -0.05) is 48.0 Å². The number of aliphatic hydroxyl groups excluding tert-OH is 1. The molecule has 0 aliphatic heterocycles. The summed E-state index contributed by atoms with van der Waals surface area (Å²) >= 11 is 0. The molecule has 3 heteroatoms. The summed E-state index contributed by atoms with van der Waals surface area (Å²) in [5.41, 5.74) is 0.384. The second kappa shape index (κ2) is 5.07. The first kappa shape index (κ1) is 17.5. The maximum atomic E-state index is 10.7. The molecule has 0 bridgehead atoms. The summed E-state index contributed by atoms with van der Waals surface area (Å²) in [5.74, 6) is 0.383. The Morgan fingerprint density at radius 2 is 1.67 bits per heavy atom. The van der Waals surface area contributed by atoms with Crippen LogP contribution in [0.15, 0.2) is 0 Å². The fourth-order valence-corrected chi connectivity index (χ4v) is 6.22. The second-order valence-electron chi connectivity index (χ2n) is 10.00. The van der Waals surface area contributed by atoms with E-state index in [1.165, 1.54) is 19.3 Å². The Kier molecular flexibility index (Phi) is 4.22. The summed E-state index contributed by atoms with van der Waals surface area (Å²) in [5, 5.41) is 11.0. The molecule has 2 aliphatic carbocycles. The van der Waals surface area contributed by atoms with Crippen LogP contribution >= 0.6 is 0 Å². The Bertz CT molecular complexity index is 397. The molecule has 0 aromatic rings. The molecule has 4 atom stereocenters. The topological polar surface area (TPSA) is 29.5 Å². The quantitative estimate of drug-likeness (QED) is 0.729. The summed E-state index contributed by atoms with van der Waals surface area (Å²) in [6, 6.07) is 0. The minimum Gasteiger partial charge on any atom is -0.413 e. The van der Waals surface area contributed by atoms with Gasteiger partial charge in [-0.15, -0.1) is 0 Å². The molecular weight excluding hydrogens is 276 g/mol. The molecule has 0 saturated heterocycles. The third-order valence-electron chi connectivity index (χ3n) is 6.91. The molecule has 0 aromatic heterocycles. The van der Waals surface area contributed by atoms with Gasteiger partial charge < -0.3 is 9.53 Å². The van der Waals surface area contributed by atoms with Crippen molar-refractivity contribution in [3.8, 4) is 0 Å². The first-order valence-electron chi connectivity index (χ1n) is 8.67. The van der Waals surface area contributed by atoms with Gasteiger partial charge in [0.15, 0.2) is 8.32 Å². The highest BCUT2D eigenvalue weighted by Gasteiger charge is 2.60. The molecule has 1 N–H and O–H groups in total. The normalized spacial score (nSPS) is 40.1. The summed E-state index contributed by atoms with van der Waals surface area (Å²) in [6.07, 6.45) is 4.58. The lowest BCUT2D eigenvalue weighted by molar-refractivity contribution is -0.0625. The van der Waals surface area contributed by atoms with E-state index in [0.717, 1.165) is 6.42 Å². The van der Waals surface area contributed by atoms with Crippen LogP contribution in [0.4, 0.5) is 0 Å². The van der Waals surface area contributed by atoms with Gasteiger partial charge in [-0.2, -0.15) is 0 Å². The molecule has 2 fully saturated rings. The van der Waals surface area contributed by atoms with Gasteiger partial charge in [-0.05, 0) is 54.1 Å². The smallest absolute Gasteiger partial charge is 0.192 e. The van der Waals surface area contributed by atoms with Crippen LogP contribution in [0.25, 0.3) is 0 Å². The molecular formula is C18H36O2Si. The Hall–Kier alpha value is 0.137. The molecule has 21 heavy (non-hydrogen) atoms. The molecule has 0 unspecified atom stereocenters. The molecule has 0 spiro atoms. The van der Waals surface area contributed by atoms with Crippen molar-refractivity contribution >= 4 is 8.32 Å². The number of aliphatic hydroxyl groups is 1. The number of fused-ring (bicyclic) bond motifs is 1. The minimum atomic E-state index is -1.78. The number of hydrogen-bond acceptors (Lipinski definition) is 2. The van der Waals surface area contributed by atoms with Crippen molar-refractivity contribution in [3.05, 3.63) is 0 Å². The van der Waals surface area contributed by atoms with Crippen LogP contribution in [0.2, 0.25) is 18.1 Å². The van der Waals surface area contributed by atoms with E-state index in [1.54, 1.807) is 0 Å². The maximum absolute atomic E-state index is 10.7. The summed E-state index contributed by atoms with van der Waals surface area (Å²) in [6.45, 7) is 18.6. The SMILES string of the molecule is CC1(C)CCC[C@]2(C)[C@@H](O[Si](C)(C)C(C)(C)C)C[C@H](O)[C@H]12. The van der Waals surface area contributed by atoms with Crippen LogP contribution in [0.3, 0.4) is 0 Å². The summed E-state index contributed by atoms with van der Waals surface area (Å²) < 4.78 is 6.78. The summed E-state index contributed by atoms with van der Waals surface area (Å²) in [7, 11) is -1.78. The minimum absolute atomic E-state index is 0.149. The van der Waals surface area contributed by atoms with Gasteiger partial charge in [0, 0.05) is 0 Å². The van der Waals surface area contributed by atoms with E-state index >= 15 is 0 Å². The van der Waals surface area contributed by atoms with E-state index in [1.807, 2.05) is 0 Å². The molecule has 124 valence electrons. The van der Waals surface area contributed by atoms with E-state index in [-0.39, 0.29) is 28.1 Å². The van der Waals surface area contributed by atoms with Gasteiger partial charge in [0.25, 0.3) is 0 Å². The van der Waals surface area contributed by atoms with Crippen molar-refractivity contribution in [3.63, 3.8) is 0 Å². The highest BCUT2D eigenvalue weighted by Crippen LogP contribution is 2.60. The lowest BCUT2D eigenvalue weighted by atomic mass is 9.57. The lowest BCUT2D eigenvalue weighted by Crippen LogP contribution is -2.51. The zero-order valence-electron chi connectivity index (χ0n) is 15.4. The van der Waals surface area contributed by atoms with E-state index in [0.29, 0.717) is 5.92 Å². The fourth-order valence-electron chi connectivity index (χ4n) is 4.79. The van der Waals surface area contributed by atoms with Gasteiger partial charge >= 0.3 is 0 Å². The monoisotopic (exact) mass is 312 g/mol. The van der Waals surface area contributed by atoms with E-state index < -0.39 is 8.32 Å². The average Bonchev–Trinajstić information content (AvgIpc) is 2.48. The van der Waals surface area contributed by atoms with Gasteiger partial charge in [0.2, 0.25) is 0 Å². The first-order valence-corrected chi connectivity index (χ1v) is 11.6. The van der Waals surface area contributed by atoms with Crippen molar-refractivity contribution in [2.24, 2.45) is 16.7 Å². The standard InChI is InChI=1S/C18H36O2Si/c1-16(2,3)21(7,8)20-14-12-13(19)15-17(4,5)10-9-11-18(14,15)6/h13-15,19H,9-12H2,1-8H3/t13-,14-,15+,18+/m0/s1. The molecule has 0 amide bonds. The van der Waals surface area contributed by atoms with Crippen LogP contribution in [-0.2, 0) is 4.43 Å². The van der Waals surface area contributed by atoms with Gasteiger partial charge in [0.05, 0.1) is 12.2 Å². The number of rotatable bonds is 2. The molecule has 0 radical (unpaired) electrons. The largest absolute Gasteiger partial charge is 0.413 e. The van der Waals surface area contributed by atoms with E-state index in [2.05, 4.69) is 54.6 Å². The molecule has 0 aromatic carbocycles. The third kappa shape index (κ3) is 2.86. The van der Waals surface area contributed by atoms with Crippen molar-refractivity contribution in [2.75, 3.05) is 0 Å². The summed E-state index contributed by atoms with van der Waals surface area (Å²) in [4.78, 5) is 0. The van der Waals surface area contributed by atoms with Crippen LogP contribution in [0, 0.1) is 16.7 Å². The predicted molar refractivity (Wildman–Crippen MR) is 91.9 cm³/mol. The molecule has 2 saturated carbocycles. The third-order valence-corrected chi connectivity index (χ3v) is 11.4. The van der Waals surface area contributed by atoms with Crippen LogP contribution < -0.4 is 0 Å². The van der Waals surface area contributed by atoms with Gasteiger partial charge in [0.1, 0.15) is 0 Å². The predicted octanol–water partition coefficient (Wildman–Crippen LogP) is 4.97. The van der Waals surface area contributed by atoms with Crippen molar-refractivity contribution in [2.45, 2.75) is 97.6 Å². The van der Waals surface area contributed by atoms with Gasteiger partial charge in [-0.25, -0.2) is 0 Å². The zero-order chi connectivity index (χ0) is 16.3. The lowest BCUT2D eigenvalue weighted by Gasteiger charge is -2.51. The Balaban J connectivity index is 2.27. The molecule has 2 aliphatic rings.